The summed E-state index contributed by atoms with van der Waals surface area (Å²) in [5.74, 6) is 0. The van der Waals surface area contributed by atoms with Gasteiger partial charge in [0.2, 0.25) is 0 Å². The Labute approximate surface area is 98.9 Å². The van der Waals surface area contributed by atoms with Crippen LogP contribution in [0.1, 0.15) is 0 Å². The molecule has 0 spiro atoms. The average molecular weight is 217 g/mol. The molecule has 0 saturated heterocycles. The fourth-order valence-corrected chi connectivity index (χ4v) is 2.59. The minimum Gasteiger partial charge on any atom is -0.317 e. The maximum atomic E-state index is 2.26. The van der Waals surface area contributed by atoms with E-state index in [1.165, 1.54) is 27.2 Å². The molecule has 0 atom stereocenters. The molecule has 0 unspecified atom stereocenters. The van der Waals surface area contributed by atoms with Crippen molar-refractivity contribution in [2.24, 2.45) is 0 Å². The van der Waals surface area contributed by atoms with Crippen LogP contribution in [0.25, 0.3) is 27.2 Å². The third-order valence-electron chi connectivity index (χ3n) is 3.39. The van der Waals surface area contributed by atoms with E-state index in [9.17, 15) is 0 Å². The SMILES string of the molecule is c1ccc2c(c1)ccc1c2cc2ccccn21. The molecule has 1 nitrogen and oxygen atoms in total. The minimum absolute atomic E-state index is 1.25. The lowest BCUT2D eigenvalue weighted by molar-refractivity contribution is 1.25. The summed E-state index contributed by atoms with van der Waals surface area (Å²) in [6.07, 6.45) is 2.12. The summed E-state index contributed by atoms with van der Waals surface area (Å²) in [4.78, 5) is 0. The third kappa shape index (κ3) is 1.14. The lowest BCUT2D eigenvalue weighted by Crippen LogP contribution is -1.81. The van der Waals surface area contributed by atoms with Crippen molar-refractivity contribution in [3.05, 3.63) is 66.9 Å². The van der Waals surface area contributed by atoms with Gasteiger partial charge in [-0.05, 0) is 35.0 Å². The first kappa shape index (κ1) is 8.82. The second-order valence-corrected chi connectivity index (χ2v) is 4.36. The summed E-state index contributed by atoms with van der Waals surface area (Å²) in [7, 11) is 0. The van der Waals surface area contributed by atoms with Gasteiger partial charge >= 0.3 is 0 Å². The van der Waals surface area contributed by atoms with E-state index >= 15 is 0 Å². The average Bonchev–Trinajstić information content (AvgIpc) is 2.78. The van der Waals surface area contributed by atoms with E-state index in [0.29, 0.717) is 0 Å². The maximum Gasteiger partial charge on any atom is 0.0535 e. The van der Waals surface area contributed by atoms with Crippen LogP contribution in [0.4, 0.5) is 0 Å². The molecule has 0 N–H and O–H groups in total. The van der Waals surface area contributed by atoms with E-state index in [1.54, 1.807) is 0 Å². The van der Waals surface area contributed by atoms with Gasteiger partial charge in [0.1, 0.15) is 0 Å². The molecule has 4 rings (SSSR count). The van der Waals surface area contributed by atoms with Gasteiger partial charge in [-0.2, -0.15) is 0 Å². The molecule has 0 bridgehead atoms. The van der Waals surface area contributed by atoms with Gasteiger partial charge in [-0.3, -0.25) is 0 Å². The van der Waals surface area contributed by atoms with Crippen molar-refractivity contribution in [2.75, 3.05) is 0 Å². The van der Waals surface area contributed by atoms with Crippen LogP contribution in [0, 0.1) is 0 Å². The van der Waals surface area contributed by atoms with Crippen molar-refractivity contribution >= 4 is 27.2 Å². The van der Waals surface area contributed by atoms with Gasteiger partial charge in [0.05, 0.1) is 5.52 Å². The van der Waals surface area contributed by atoms with Gasteiger partial charge in [0.15, 0.2) is 0 Å². The second-order valence-electron chi connectivity index (χ2n) is 4.36. The minimum atomic E-state index is 1.25. The third-order valence-corrected chi connectivity index (χ3v) is 3.39. The van der Waals surface area contributed by atoms with Crippen LogP contribution in [0.5, 0.6) is 0 Å². The summed E-state index contributed by atoms with van der Waals surface area (Å²) in [5.41, 5.74) is 2.53. The predicted octanol–water partition coefficient (Wildman–Crippen LogP) is 4.25. The molecule has 2 aromatic heterocycles. The van der Waals surface area contributed by atoms with Crippen molar-refractivity contribution in [2.45, 2.75) is 0 Å². The number of aromatic nitrogens is 1. The van der Waals surface area contributed by atoms with Gasteiger partial charge in [0, 0.05) is 17.1 Å². The van der Waals surface area contributed by atoms with E-state index < -0.39 is 0 Å². The topological polar surface area (TPSA) is 4.41 Å². The highest BCUT2D eigenvalue weighted by Gasteiger charge is 2.04. The van der Waals surface area contributed by atoms with E-state index in [4.69, 9.17) is 0 Å². The normalized spacial score (nSPS) is 11.5. The van der Waals surface area contributed by atoms with Crippen molar-refractivity contribution < 1.29 is 0 Å². The molecule has 2 aromatic carbocycles. The first-order chi connectivity index (χ1) is 8.43. The molecular formula is C16H11N. The summed E-state index contributed by atoms with van der Waals surface area (Å²) in [6.45, 7) is 0. The second kappa shape index (κ2) is 3.11. The Balaban J connectivity index is 2.34. The number of hydrogen-bond donors (Lipinski definition) is 0. The van der Waals surface area contributed by atoms with Crippen LogP contribution in [0.15, 0.2) is 66.9 Å². The molecule has 0 aliphatic carbocycles. The molecule has 0 radical (unpaired) electrons. The molecule has 0 saturated carbocycles. The molecule has 0 aliphatic rings. The monoisotopic (exact) mass is 217 g/mol. The van der Waals surface area contributed by atoms with E-state index in [1.807, 2.05) is 0 Å². The zero-order valence-electron chi connectivity index (χ0n) is 9.30. The Kier molecular flexibility index (Phi) is 1.61. The maximum absolute atomic E-state index is 2.26. The Hall–Kier alpha value is -2.28. The molecule has 17 heavy (non-hydrogen) atoms. The molecule has 4 aromatic rings. The molecule has 0 amide bonds. The molecule has 0 fully saturated rings. The molecular weight excluding hydrogens is 206 g/mol. The van der Waals surface area contributed by atoms with Gasteiger partial charge in [0.25, 0.3) is 0 Å². The van der Waals surface area contributed by atoms with Crippen molar-refractivity contribution in [1.82, 2.24) is 4.40 Å². The first-order valence-corrected chi connectivity index (χ1v) is 5.81. The lowest BCUT2D eigenvalue weighted by atomic mass is 10.1. The van der Waals surface area contributed by atoms with Crippen LogP contribution in [-0.4, -0.2) is 4.40 Å². The highest BCUT2D eigenvalue weighted by Crippen LogP contribution is 2.28. The van der Waals surface area contributed by atoms with Gasteiger partial charge in [-0.15, -0.1) is 0 Å². The molecule has 2 heterocycles. The van der Waals surface area contributed by atoms with Crippen LogP contribution in [0.3, 0.4) is 0 Å². The summed E-state index contributed by atoms with van der Waals surface area (Å²) < 4.78 is 2.24. The number of hydrogen-bond acceptors (Lipinski definition) is 0. The Morgan fingerprint density at radius 2 is 1.59 bits per heavy atom. The number of benzene rings is 2. The zero-order chi connectivity index (χ0) is 11.2. The van der Waals surface area contributed by atoms with Crippen LogP contribution >= 0.6 is 0 Å². The Morgan fingerprint density at radius 3 is 2.59 bits per heavy atom. The lowest BCUT2D eigenvalue weighted by Gasteiger charge is -2.00. The van der Waals surface area contributed by atoms with E-state index in [2.05, 4.69) is 71.3 Å². The molecule has 1 heteroatoms. The summed E-state index contributed by atoms with van der Waals surface area (Å²) >= 11 is 0. The van der Waals surface area contributed by atoms with E-state index in [-0.39, 0.29) is 0 Å². The fraction of sp³-hybridized carbons (Fsp3) is 0. The number of pyridine rings is 1. The van der Waals surface area contributed by atoms with E-state index in [0.717, 1.165) is 0 Å². The number of nitrogens with zero attached hydrogens (tertiary/aromatic N) is 1. The summed E-state index contributed by atoms with van der Waals surface area (Å²) in [6, 6.07) is 21.5. The Morgan fingerprint density at radius 1 is 0.706 bits per heavy atom. The van der Waals surface area contributed by atoms with Crippen LogP contribution < -0.4 is 0 Å². The molecule has 80 valence electrons. The standard InChI is InChI=1S/C16H11N/c1-2-7-14-12(5-1)8-9-16-15(14)11-13-6-3-4-10-17(13)16/h1-11H. The summed E-state index contributed by atoms with van der Waals surface area (Å²) in [5, 5.41) is 3.96. The number of fused-ring (bicyclic) bond motifs is 5. The number of rotatable bonds is 0. The smallest absolute Gasteiger partial charge is 0.0535 e. The van der Waals surface area contributed by atoms with Crippen LogP contribution in [0.2, 0.25) is 0 Å². The fourth-order valence-electron chi connectivity index (χ4n) is 2.59. The van der Waals surface area contributed by atoms with Gasteiger partial charge < -0.3 is 4.40 Å². The van der Waals surface area contributed by atoms with Crippen LogP contribution in [-0.2, 0) is 0 Å². The highest BCUT2D eigenvalue weighted by atomic mass is 14.9. The van der Waals surface area contributed by atoms with Crippen molar-refractivity contribution in [3.8, 4) is 0 Å². The zero-order valence-corrected chi connectivity index (χ0v) is 9.30. The first-order valence-electron chi connectivity index (χ1n) is 5.81. The van der Waals surface area contributed by atoms with Crippen molar-refractivity contribution in [3.63, 3.8) is 0 Å². The molecule has 0 aliphatic heterocycles. The Bertz CT molecular complexity index is 840. The predicted molar refractivity (Wildman–Crippen MR) is 72.4 cm³/mol. The highest BCUT2D eigenvalue weighted by molar-refractivity contribution is 6.08. The van der Waals surface area contributed by atoms with Crippen molar-refractivity contribution in [1.29, 1.82) is 0 Å². The van der Waals surface area contributed by atoms with Gasteiger partial charge in [-0.25, -0.2) is 0 Å². The quantitative estimate of drug-likeness (QED) is 0.415. The van der Waals surface area contributed by atoms with Gasteiger partial charge in [-0.1, -0.05) is 36.4 Å². The largest absolute Gasteiger partial charge is 0.317 e.